The minimum absolute atomic E-state index is 0.0146. The van der Waals surface area contributed by atoms with Crippen molar-refractivity contribution in [2.24, 2.45) is 0 Å². The fourth-order valence-corrected chi connectivity index (χ4v) is 4.35. The average Bonchev–Trinajstić information content (AvgIpc) is 3.05. The summed E-state index contributed by atoms with van der Waals surface area (Å²) >= 11 is 1.77. The summed E-state index contributed by atoms with van der Waals surface area (Å²) in [7, 11) is 0. The predicted octanol–water partition coefficient (Wildman–Crippen LogP) is 2.97. The molecule has 1 N–H and O–H groups in total. The number of rotatable bonds is 2. The average molecular weight is 324 g/mol. The molecule has 1 aromatic rings. The van der Waals surface area contributed by atoms with E-state index in [4.69, 9.17) is 9.47 Å². The Bertz CT molecular complexity index is 552. The molecule has 5 nitrogen and oxygen atoms in total. The van der Waals surface area contributed by atoms with Gasteiger partial charge in [0.1, 0.15) is 0 Å². The summed E-state index contributed by atoms with van der Waals surface area (Å²) < 4.78 is 11.5. The fraction of sp³-hybridized carbons (Fsp3) is 0.688. The minimum atomic E-state index is -0.562. The van der Waals surface area contributed by atoms with E-state index in [0.717, 1.165) is 19.4 Å². The molecule has 2 saturated heterocycles. The van der Waals surface area contributed by atoms with E-state index in [9.17, 15) is 4.79 Å². The topological polar surface area (TPSA) is 50.8 Å². The van der Waals surface area contributed by atoms with Gasteiger partial charge in [-0.2, -0.15) is 0 Å². The Hall–Kier alpha value is -1.11. The summed E-state index contributed by atoms with van der Waals surface area (Å²) in [5.74, 6) is -0.562. The van der Waals surface area contributed by atoms with Crippen molar-refractivity contribution in [3.05, 3.63) is 21.4 Å². The first-order chi connectivity index (χ1) is 10.5. The first kappa shape index (κ1) is 15.8. The molecule has 0 saturated carbocycles. The van der Waals surface area contributed by atoms with Crippen LogP contribution in [0.25, 0.3) is 0 Å². The number of thiophene rings is 1. The molecule has 1 aromatic heterocycles. The van der Waals surface area contributed by atoms with Crippen molar-refractivity contribution in [1.29, 1.82) is 0 Å². The van der Waals surface area contributed by atoms with Gasteiger partial charge in [-0.05, 0) is 38.8 Å². The van der Waals surface area contributed by atoms with Crippen LogP contribution < -0.4 is 5.32 Å². The maximum Gasteiger partial charge on any atom is 0.318 e. The first-order valence-corrected chi connectivity index (χ1v) is 8.71. The van der Waals surface area contributed by atoms with E-state index in [-0.39, 0.29) is 12.1 Å². The quantitative estimate of drug-likeness (QED) is 0.910. The number of urea groups is 1. The number of nitrogens with zero attached hydrogens (tertiary/aromatic N) is 1. The number of hydrogen-bond donors (Lipinski definition) is 1. The predicted molar refractivity (Wildman–Crippen MR) is 86.2 cm³/mol. The zero-order valence-corrected chi connectivity index (χ0v) is 14.3. The van der Waals surface area contributed by atoms with Gasteiger partial charge in [0.25, 0.3) is 0 Å². The largest absolute Gasteiger partial charge is 0.346 e. The Kier molecular flexibility index (Phi) is 4.43. The summed E-state index contributed by atoms with van der Waals surface area (Å²) in [4.78, 5) is 16.9. The molecule has 2 amide bonds. The Morgan fingerprint density at radius 3 is 2.77 bits per heavy atom. The van der Waals surface area contributed by atoms with Crippen molar-refractivity contribution in [3.63, 3.8) is 0 Å². The van der Waals surface area contributed by atoms with Crippen LogP contribution in [0.3, 0.4) is 0 Å². The number of aryl methyl sites for hydroxylation is 2. The molecule has 0 aliphatic carbocycles. The second-order valence-electron chi connectivity index (χ2n) is 6.17. The van der Waals surface area contributed by atoms with Gasteiger partial charge >= 0.3 is 6.03 Å². The standard InChI is InChI=1S/C16H24N2O3S/c1-11-9-14(13(3)22-11)12(2)17-15(19)18-6-4-5-16(10-18)20-7-8-21-16/h9,12H,4-8,10H2,1-3H3,(H,17,19). The lowest BCUT2D eigenvalue weighted by Gasteiger charge is -2.38. The van der Waals surface area contributed by atoms with Crippen LogP contribution in [-0.4, -0.2) is 43.0 Å². The van der Waals surface area contributed by atoms with Crippen molar-refractivity contribution in [2.45, 2.75) is 45.4 Å². The lowest BCUT2D eigenvalue weighted by Crippen LogP contribution is -2.53. The van der Waals surface area contributed by atoms with Gasteiger partial charge < -0.3 is 19.7 Å². The summed E-state index contributed by atoms with van der Waals surface area (Å²) in [5, 5.41) is 3.11. The number of nitrogens with one attached hydrogen (secondary N) is 1. The van der Waals surface area contributed by atoms with Crippen LogP contribution in [0.15, 0.2) is 6.07 Å². The highest BCUT2D eigenvalue weighted by Gasteiger charge is 2.42. The Morgan fingerprint density at radius 2 is 2.14 bits per heavy atom. The van der Waals surface area contributed by atoms with Crippen molar-refractivity contribution >= 4 is 17.4 Å². The van der Waals surface area contributed by atoms with Crippen molar-refractivity contribution in [2.75, 3.05) is 26.3 Å². The van der Waals surface area contributed by atoms with Crippen molar-refractivity contribution < 1.29 is 14.3 Å². The highest BCUT2D eigenvalue weighted by molar-refractivity contribution is 7.12. The number of carbonyl (C=O) groups excluding carboxylic acids is 1. The molecule has 122 valence electrons. The van der Waals surface area contributed by atoms with Gasteiger partial charge in [-0.15, -0.1) is 11.3 Å². The van der Waals surface area contributed by atoms with E-state index in [1.54, 1.807) is 11.3 Å². The molecule has 2 aliphatic heterocycles. The third-order valence-electron chi connectivity index (χ3n) is 4.40. The van der Waals surface area contributed by atoms with Crippen LogP contribution in [-0.2, 0) is 9.47 Å². The van der Waals surface area contributed by atoms with E-state index in [2.05, 4.69) is 25.2 Å². The van der Waals surface area contributed by atoms with Crippen LogP contribution in [0.4, 0.5) is 4.79 Å². The summed E-state index contributed by atoms with van der Waals surface area (Å²) in [6.07, 6.45) is 1.79. The SMILES string of the molecule is Cc1cc(C(C)NC(=O)N2CCCC3(C2)OCCO3)c(C)s1. The lowest BCUT2D eigenvalue weighted by molar-refractivity contribution is -0.182. The molecule has 2 fully saturated rings. The molecule has 0 bridgehead atoms. The third kappa shape index (κ3) is 3.14. The van der Waals surface area contributed by atoms with E-state index in [1.165, 1.54) is 15.3 Å². The van der Waals surface area contributed by atoms with Crippen molar-refractivity contribution in [3.8, 4) is 0 Å². The minimum Gasteiger partial charge on any atom is -0.346 e. The van der Waals surface area contributed by atoms with Crippen LogP contribution in [0.5, 0.6) is 0 Å². The highest BCUT2D eigenvalue weighted by Crippen LogP contribution is 2.31. The Labute approximate surface area is 135 Å². The highest BCUT2D eigenvalue weighted by atomic mass is 32.1. The molecule has 3 heterocycles. The van der Waals surface area contributed by atoms with E-state index in [1.807, 2.05) is 11.8 Å². The number of carbonyl (C=O) groups is 1. The van der Waals surface area contributed by atoms with Crippen molar-refractivity contribution in [1.82, 2.24) is 10.2 Å². The van der Waals surface area contributed by atoms with Gasteiger partial charge in [0, 0.05) is 22.7 Å². The Balaban J connectivity index is 1.62. The van der Waals surface area contributed by atoms with Gasteiger partial charge in [-0.25, -0.2) is 4.79 Å². The van der Waals surface area contributed by atoms with Crippen LogP contribution in [0.2, 0.25) is 0 Å². The molecule has 2 aliphatic rings. The summed E-state index contributed by atoms with van der Waals surface area (Å²) in [6, 6.07) is 2.14. The number of amides is 2. The van der Waals surface area contributed by atoms with Gasteiger partial charge in [-0.3, -0.25) is 0 Å². The van der Waals surface area contributed by atoms with Gasteiger partial charge in [0.2, 0.25) is 0 Å². The maximum absolute atomic E-state index is 12.5. The number of likely N-dealkylation sites (tertiary alicyclic amines) is 1. The third-order valence-corrected chi connectivity index (χ3v) is 5.39. The molecule has 22 heavy (non-hydrogen) atoms. The normalized spacial score (nSPS) is 22.0. The lowest BCUT2D eigenvalue weighted by atomic mass is 10.0. The number of piperidine rings is 1. The molecular weight excluding hydrogens is 300 g/mol. The van der Waals surface area contributed by atoms with Crippen LogP contribution >= 0.6 is 11.3 Å². The van der Waals surface area contributed by atoms with Crippen LogP contribution in [0, 0.1) is 13.8 Å². The molecule has 0 radical (unpaired) electrons. The van der Waals surface area contributed by atoms with Gasteiger partial charge in [0.15, 0.2) is 5.79 Å². The first-order valence-electron chi connectivity index (χ1n) is 7.89. The van der Waals surface area contributed by atoms with E-state index in [0.29, 0.717) is 19.8 Å². The van der Waals surface area contributed by atoms with Gasteiger partial charge in [-0.1, -0.05) is 0 Å². The zero-order valence-electron chi connectivity index (χ0n) is 13.5. The monoisotopic (exact) mass is 324 g/mol. The maximum atomic E-state index is 12.5. The second kappa shape index (κ2) is 6.18. The van der Waals surface area contributed by atoms with Gasteiger partial charge in [0.05, 0.1) is 25.8 Å². The number of hydrogen-bond acceptors (Lipinski definition) is 4. The number of ether oxygens (including phenoxy) is 2. The second-order valence-corrected chi connectivity index (χ2v) is 7.63. The Morgan fingerprint density at radius 1 is 1.41 bits per heavy atom. The smallest absolute Gasteiger partial charge is 0.318 e. The zero-order chi connectivity index (χ0) is 15.7. The molecule has 1 unspecified atom stereocenters. The molecule has 1 spiro atoms. The van der Waals surface area contributed by atoms with E-state index >= 15 is 0 Å². The molecule has 0 aromatic carbocycles. The molecule has 6 heteroatoms. The van der Waals surface area contributed by atoms with E-state index < -0.39 is 5.79 Å². The molecule has 3 rings (SSSR count). The fourth-order valence-electron chi connectivity index (χ4n) is 3.33. The summed E-state index contributed by atoms with van der Waals surface area (Å²) in [5.41, 5.74) is 1.20. The van der Waals surface area contributed by atoms with Crippen LogP contribution in [0.1, 0.15) is 41.1 Å². The summed E-state index contributed by atoms with van der Waals surface area (Å²) in [6.45, 7) is 8.76. The molecule has 1 atom stereocenters. The molecular formula is C16H24N2O3S.